The SMILES string of the molecule is CCOC(C)(C)CN1CNC(CCc2ccccc2)C1=O. The van der Waals surface area contributed by atoms with Crippen LogP contribution in [0.1, 0.15) is 32.8 Å². The summed E-state index contributed by atoms with van der Waals surface area (Å²) >= 11 is 0. The molecule has 4 heteroatoms. The van der Waals surface area contributed by atoms with E-state index in [1.54, 1.807) is 0 Å². The van der Waals surface area contributed by atoms with Gasteiger partial charge in [-0.25, -0.2) is 0 Å². The quantitative estimate of drug-likeness (QED) is 0.837. The Balaban J connectivity index is 1.84. The van der Waals surface area contributed by atoms with Crippen LogP contribution in [0.4, 0.5) is 0 Å². The highest BCUT2D eigenvalue weighted by molar-refractivity contribution is 5.83. The third-order valence-corrected chi connectivity index (χ3v) is 3.81. The fourth-order valence-electron chi connectivity index (χ4n) is 2.82. The van der Waals surface area contributed by atoms with Gasteiger partial charge >= 0.3 is 0 Å². The van der Waals surface area contributed by atoms with Gasteiger partial charge in [-0.15, -0.1) is 0 Å². The maximum Gasteiger partial charge on any atom is 0.240 e. The van der Waals surface area contributed by atoms with E-state index in [1.807, 2.05) is 43.9 Å². The topological polar surface area (TPSA) is 41.6 Å². The zero-order valence-electron chi connectivity index (χ0n) is 13.3. The van der Waals surface area contributed by atoms with Crippen LogP contribution in [0.2, 0.25) is 0 Å². The van der Waals surface area contributed by atoms with Crippen LogP contribution in [-0.4, -0.2) is 42.3 Å². The minimum absolute atomic E-state index is 0.0670. The number of ether oxygens (including phenoxy) is 1. The summed E-state index contributed by atoms with van der Waals surface area (Å²) in [7, 11) is 0. The number of benzene rings is 1. The summed E-state index contributed by atoms with van der Waals surface area (Å²) in [5.41, 5.74) is 0.987. The molecule has 21 heavy (non-hydrogen) atoms. The zero-order valence-corrected chi connectivity index (χ0v) is 13.3. The van der Waals surface area contributed by atoms with E-state index in [9.17, 15) is 4.79 Å². The number of nitrogens with one attached hydrogen (secondary N) is 1. The summed E-state index contributed by atoms with van der Waals surface area (Å²) in [5, 5.41) is 3.31. The molecule has 0 saturated carbocycles. The number of hydrogen-bond donors (Lipinski definition) is 1. The zero-order chi connectivity index (χ0) is 15.3. The third-order valence-electron chi connectivity index (χ3n) is 3.81. The fraction of sp³-hybridized carbons (Fsp3) is 0.588. The van der Waals surface area contributed by atoms with Crippen molar-refractivity contribution in [2.75, 3.05) is 19.8 Å². The van der Waals surface area contributed by atoms with E-state index in [-0.39, 0.29) is 17.6 Å². The van der Waals surface area contributed by atoms with Crippen LogP contribution in [0, 0.1) is 0 Å². The van der Waals surface area contributed by atoms with Gasteiger partial charge in [0.25, 0.3) is 0 Å². The largest absolute Gasteiger partial charge is 0.374 e. The number of carbonyl (C=O) groups is 1. The molecule has 1 aromatic rings. The Morgan fingerprint density at radius 3 is 2.71 bits per heavy atom. The highest BCUT2D eigenvalue weighted by Crippen LogP contribution is 2.16. The monoisotopic (exact) mass is 290 g/mol. The first kappa shape index (κ1) is 16.0. The predicted octanol–water partition coefficient (Wildman–Crippen LogP) is 2.19. The van der Waals surface area contributed by atoms with Crippen LogP contribution in [0.25, 0.3) is 0 Å². The van der Waals surface area contributed by atoms with Crippen LogP contribution in [-0.2, 0) is 16.0 Å². The molecule has 4 nitrogen and oxygen atoms in total. The number of amides is 1. The molecule has 1 fully saturated rings. The Morgan fingerprint density at radius 1 is 1.33 bits per heavy atom. The molecular weight excluding hydrogens is 264 g/mol. The van der Waals surface area contributed by atoms with Crippen molar-refractivity contribution in [2.24, 2.45) is 0 Å². The highest BCUT2D eigenvalue weighted by Gasteiger charge is 2.34. The van der Waals surface area contributed by atoms with Crippen molar-refractivity contribution < 1.29 is 9.53 Å². The molecule has 1 amide bonds. The van der Waals surface area contributed by atoms with Gasteiger partial charge in [0.15, 0.2) is 0 Å². The van der Waals surface area contributed by atoms with Crippen LogP contribution in [0.5, 0.6) is 0 Å². The average molecular weight is 290 g/mol. The Bertz CT molecular complexity index is 459. The van der Waals surface area contributed by atoms with Crippen molar-refractivity contribution in [3.05, 3.63) is 35.9 Å². The van der Waals surface area contributed by atoms with Gasteiger partial charge in [0.2, 0.25) is 5.91 Å². The summed E-state index contributed by atoms with van der Waals surface area (Å²) in [5.74, 6) is 0.193. The predicted molar refractivity (Wildman–Crippen MR) is 84.0 cm³/mol. The molecule has 0 aromatic heterocycles. The Kier molecular flexibility index (Phi) is 5.37. The van der Waals surface area contributed by atoms with Gasteiger partial charge in [-0.1, -0.05) is 30.3 Å². The van der Waals surface area contributed by atoms with Crippen LogP contribution >= 0.6 is 0 Å². The van der Waals surface area contributed by atoms with E-state index >= 15 is 0 Å². The van der Waals surface area contributed by atoms with Gasteiger partial charge in [-0.05, 0) is 39.2 Å². The van der Waals surface area contributed by atoms with Gasteiger partial charge in [0.1, 0.15) is 0 Å². The lowest BCUT2D eigenvalue weighted by atomic mass is 10.0. The van der Waals surface area contributed by atoms with E-state index in [2.05, 4.69) is 17.4 Å². The van der Waals surface area contributed by atoms with Crippen LogP contribution < -0.4 is 5.32 Å². The van der Waals surface area contributed by atoms with E-state index in [1.165, 1.54) is 5.56 Å². The van der Waals surface area contributed by atoms with Crippen molar-refractivity contribution >= 4 is 5.91 Å². The normalized spacial score (nSPS) is 19.3. The summed E-state index contributed by atoms with van der Waals surface area (Å²) in [6.45, 7) is 7.96. The third kappa shape index (κ3) is 4.55. The van der Waals surface area contributed by atoms with Crippen molar-refractivity contribution in [2.45, 2.75) is 45.3 Å². The lowest BCUT2D eigenvalue weighted by molar-refractivity contribution is -0.132. The highest BCUT2D eigenvalue weighted by atomic mass is 16.5. The molecule has 0 spiro atoms. The Labute approximate surface area is 127 Å². The second kappa shape index (κ2) is 7.05. The fourth-order valence-corrected chi connectivity index (χ4v) is 2.82. The van der Waals surface area contributed by atoms with E-state index < -0.39 is 0 Å². The van der Waals surface area contributed by atoms with Crippen LogP contribution in [0.15, 0.2) is 30.3 Å². The molecule has 0 aliphatic carbocycles. The maximum atomic E-state index is 12.4. The number of nitrogens with zero attached hydrogens (tertiary/aromatic N) is 1. The molecule has 1 N–H and O–H groups in total. The molecule has 1 unspecified atom stereocenters. The van der Waals surface area contributed by atoms with Gasteiger partial charge in [-0.2, -0.15) is 0 Å². The van der Waals surface area contributed by atoms with Gasteiger partial charge < -0.3 is 9.64 Å². The second-order valence-corrected chi connectivity index (χ2v) is 6.17. The molecule has 0 radical (unpaired) electrons. The first-order chi connectivity index (χ1) is 10.0. The Morgan fingerprint density at radius 2 is 2.05 bits per heavy atom. The molecule has 1 atom stereocenters. The Hall–Kier alpha value is -1.39. The number of carbonyl (C=O) groups excluding carboxylic acids is 1. The maximum absolute atomic E-state index is 12.4. The minimum atomic E-state index is -0.291. The first-order valence-electron chi connectivity index (χ1n) is 7.72. The molecule has 116 valence electrons. The molecule has 1 saturated heterocycles. The standard InChI is InChI=1S/C17H26N2O2/c1-4-21-17(2,3)12-19-13-18-15(16(19)20)11-10-14-8-6-5-7-9-14/h5-9,15,18H,4,10-13H2,1-3H3. The average Bonchev–Trinajstić information content (AvgIpc) is 2.78. The summed E-state index contributed by atoms with van der Waals surface area (Å²) in [6, 6.07) is 10.2. The van der Waals surface area contributed by atoms with Crippen molar-refractivity contribution in [1.82, 2.24) is 10.2 Å². The van der Waals surface area contributed by atoms with E-state index in [4.69, 9.17) is 4.74 Å². The molecule has 1 aliphatic heterocycles. The van der Waals surface area contributed by atoms with Crippen molar-refractivity contribution in [1.29, 1.82) is 0 Å². The molecule has 2 rings (SSSR count). The van der Waals surface area contributed by atoms with Crippen molar-refractivity contribution in [3.8, 4) is 0 Å². The first-order valence-corrected chi connectivity index (χ1v) is 7.72. The second-order valence-electron chi connectivity index (χ2n) is 6.17. The molecule has 0 bridgehead atoms. The molecular formula is C17H26N2O2. The summed E-state index contributed by atoms with van der Waals surface area (Å²) in [6.07, 6.45) is 1.77. The minimum Gasteiger partial charge on any atom is -0.374 e. The number of hydrogen-bond acceptors (Lipinski definition) is 3. The number of rotatable bonds is 7. The van der Waals surface area contributed by atoms with Gasteiger partial charge in [0, 0.05) is 6.61 Å². The molecule has 1 aromatic carbocycles. The van der Waals surface area contributed by atoms with E-state index in [0.29, 0.717) is 19.8 Å². The summed E-state index contributed by atoms with van der Waals surface area (Å²) < 4.78 is 5.68. The molecule has 1 aliphatic rings. The summed E-state index contributed by atoms with van der Waals surface area (Å²) in [4.78, 5) is 14.3. The van der Waals surface area contributed by atoms with Crippen molar-refractivity contribution in [3.63, 3.8) is 0 Å². The lowest BCUT2D eigenvalue weighted by Crippen LogP contribution is -2.42. The smallest absolute Gasteiger partial charge is 0.240 e. The van der Waals surface area contributed by atoms with Gasteiger partial charge in [-0.3, -0.25) is 10.1 Å². The van der Waals surface area contributed by atoms with Crippen LogP contribution in [0.3, 0.4) is 0 Å². The number of aryl methyl sites for hydroxylation is 1. The van der Waals surface area contributed by atoms with Gasteiger partial charge in [0.05, 0.1) is 24.9 Å². The molecule has 1 heterocycles. The van der Waals surface area contributed by atoms with E-state index in [0.717, 1.165) is 12.8 Å². The lowest BCUT2D eigenvalue weighted by Gasteiger charge is -2.29.